The number of hydrogen-bond donors (Lipinski definition) is 2. The van der Waals surface area contributed by atoms with Gasteiger partial charge < -0.3 is 10.6 Å². The lowest BCUT2D eigenvalue weighted by Gasteiger charge is -2.25. The highest BCUT2D eigenvalue weighted by molar-refractivity contribution is 6.09. The Bertz CT molecular complexity index is 770. The van der Waals surface area contributed by atoms with Crippen LogP contribution in [0.2, 0.25) is 0 Å². The third-order valence-corrected chi connectivity index (χ3v) is 6.14. The van der Waals surface area contributed by atoms with Crippen LogP contribution in [0, 0.1) is 11.8 Å². The van der Waals surface area contributed by atoms with Gasteiger partial charge in [-0.2, -0.15) is 0 Å². The maximum absolute atomic E-state index is 12.7. The number of urea groups is 1. The summed E-state index contributed by atoms with van der Waals surface area (Å²) in [6.45, 7) is 7.80. The van der Waals surface area contributed by atoms with Gasteiger partial charge in [-0.25, -0.2) is 4.79 Å². The van der Waals surface area contributed by atoms with Crippen LogP contribution in [-0.4, -0.2) is 34.8 Å². The molecule has 0 aromatic heterocycles. The molecule has 1 aromatic carbocycles. The molecule has 0 spiro atoms. The molecule has 0 radical (unpaired) electrons. The van der Waals surface area contributed by atoms with Gasteiger partial charge in [0, 0.05) is 0 Å². The molecule has 1 aliphatic heterocycles. The van der Waals surface area contributed by atoms with Crippen molar-refractivity contribution in [3.63, 3.8) is 0 Å². The fourth-order valence-electron chi connectivity index (χ4n) is 4.07. The summed E-state index contributed by atoms with van der Waals surface area (Å²) in [6, 6.07) is 7.72. The molecular weight excluding hydrogens is 366 g/mol. The molecule has 2 atom stereocenters. The van der Waals surface area contributed by atoms with Gasteiger partial charge in [0.1, 0.15) is 12.1 Å². The van der Waals surface area contributed by atoms with E-state index in [0.717, 1.165) is 42.6 Å². The average Bonchev–Trinajstić information content (AvgIpc) is 3.51. The fourth-order valence-corrected chi connectivity index (χ4v) is 4.07. The lowest BCUT2D eigenvalue weighted by Crippen LogP contribution is -2.47. The molecule has 2 N–H and O–H groups in total. The third-order valence-electron chi connectivity index (χ3n) is 6.14. The van der Waals surface area contributed by atoms with E-state index in [4.69, 9.17) is 0 Å². The average molecular weight is 400 g/mol. The lowest BCUT2D eigenvalue weighted by molar-refractivity contribution is -0.135. The van der Waals surface area contributed by atoms with E-state index in [0.29, 0.717) is 0 Å². The van der Waals surface area contributed by atoms with E-state index in [1.54, 1.807) is 6.92 Å². The van der Waals surface area contributed by atoms with Crippen molar-refractivity contribution in [2.45, 2.75) is 71.4 Å². The fraction of sp³-hybridized carbons (Fsp3) is 0.609. The Morgan fingerprint density at radius 1 is 1.24 bits per heavy atom. The number of nitrogens with one attached hydrogen (secondary N) is 2. The van der Waals surface area contributed by atoms with Crippen LogP contribution < -0.4 is 10.6 Å². The van der Waals surface area contributed by atoms with Crippen molar-refractivity contribution in [1.82, 2.24) is 15.5 Å². The maximum atomic E-state index is 12.7. The molecule has 6 heteroatoms. The first-order valence-corrected chi connectivity index (χ1v) is 10.8. The highest BCUT2D eigenvalue weighted by Crippen LogP contribution is 2.42. The summed E-state index contributed by atoms with van der Waals surface area (Å²) in [5, 5.41) is 5.81. The van der Waals surface area contributed by atoms with E-state index < -0.39 is 11.6 Å². The van der Waals surface area contributed by atoms with Gasteiger partial charge in [0.05, 0.1) is 6.04 Å². The van der Waals surface area contributed by atoms with Gasteiger partial charge in [0.2, 0.25) is 5.91 Å². The van der Waals surface area contributed by atoms with Crippen molar-refractivity contribution in [3.05, 3.63) is 35.4 Å². The van der Waals surface area contributed by atoms with Crippen LogP contribution in [-0.2, 0) is 16.0 Å². The first kappa shape index (κ1) is 21.3. The second-order valence-corrected chi connectivity index (χ2v) is 8.93. The van der Waals surface area contributed by atoms with Crippen LogP contribution in [0.25, 0.3) is 0 Å². The Labute approximate surface area is 173 Å². The second-order valence-electron chi connectivity index (χ2n) is 8.93. The normalized spacial score (nSPS) is 22.7. The third kappa shape index (κ3) is 4.62. The molecule has 1 saturated carbocycles. The Hall–Kier alpha value is -2.37. The number of amides is 4. The summed E-state index contributed by atoms with van der Waals surface area (Å²) in [6.07, 6.45) is 5.25. The number of benzene rings is 1. The Morgan fingerprint density at radius 3 is 2.45 bits per heavy atom. The molecule has 4 amide bonds. The van der Waals surface area contributed by atoms with Crippen LogP contribution in [0.15, 0.2) is 24.3 Å². The molecular formula is C23H33N3O3. The number of hydrogen-bond acceptors (Lipinski definition) is 3. The van der Waals surface area contributed by atoms with E-state index in [9.17, 15) is 14.4 Å². The molecule has 1 aromatic rings. The van der Waals surface area contributed by atoms with Crippen molar-refractivity contribution >= 4 is 17.8 Å². The van der Waals surface area contributed by atoms with E-state index in [-0.39, 0.29) is 36.2 Å². The standard InChI is InChI=1S/C23H33N3O3/c1-5-6-7-16-8-10-17(11-9-16)20(15(2)3)24-19(27)14-26-21(28)23(4,18-12-13-18)25-22(26)29/h8-11,15,18,20H,5-7,12-14H2,1-4H3,(H,24,27)(H,25,29). The number of unbranched alkanes of at least 4 members (excludes halogenated alkanes) is 1. The summed E-state index contributed by atoms with van der Waals surface area (Å²) in [4.78, 5) is 38.8. The molecule has 2 aliphatic rings. The zero-order valence-electron chi connectivity index (χ0n) is 18.0. The van der Waals surface area contributed by atoms with Gasteiger partial charge in [-0.05, 0) is 55.6 Å². The Balaban J connectivity index is 1.64. The van der Waals surface area contributed by atoms with Crippen molar-refractivity contribution in [2.75, 3.05) is 6.54 Å². The minimum Gasteiger partial charge on any atom is -0.347 e. The molecule has 1 aliphatic carbocycles. The summed E-state index contributed by atoms with van der Waals surface area (Å²) in [5.74, 6) is -0.245. The number of carbonyl (C=O) groups excluding carboxylic acids is 3. The molecule has 1 saturated heterocycles. The SMILES string of the molecule is CCCCc1ccc(C(NC(=O)CN2C(=O)NC(C)(C3CC3)C2=O)C(C)C)cc1. The van der Waals surface area contributed by atoms with Crippen molar-refractivity contribution in [3.8, 4) is 0 Å². The molecule has 2 unspecified atom stereocenters. The lowest BCUT2D eigenvalue weighted by atomic mass is 9.94. The predicted octanol–water partition coefficient (Wildman–Crippen LogP) is 3.56. The van der Waals surface area contributed by atoms with Crippen LogP contribution in [0.3, 0.4) is 0 Å². The van der Waals surface area contributed by atoms with E-state index in [2.05, 4.69) is 41.8 Å². The monoisotopic (exact) mass is 399 g/mol. The summed E-state index contributed by atoms with van der Waals surface area (Å²) in [7, 11) is 0. The van der Waals surface area contributed by atoms with Gasteiger partial charge in [-0.3, -0.25) is 14.5 Å². The van der Waals surface area contributed by atoms with E-state index in [1.807, 2.05) is 13.8 Å². The first-order chi connectivity index (χ1) is 13.8. The highest BCUT2D eigenvalue weighted by atomic mass is 16.2. The van der Waals surface area contributed by atoms with Crippen LogP contribution >= 0.6 is 0 Å². The van der Waals surface area contributed by atoms with Gasteiger partial charge in [-0.15, -0.1) is 0 Å². The Morgan fingerprint density at radius 2 is 1.90 bits per heavy atom. The van der Waals surface area contributed by atoms with Gasteiger partial charge in [0.25, 0.3) is 5.91 Å². The molecule has 2 fully saturated rings. The van der Waals surface area contributed by atoms with E-state index in [1.165, 1.54) is 5.56 Å². The second kappa shape index (κ2) is 8.56. The van der Waals surface area contributed by atoms with Gasteiger partial charge >= 0.3 is 6.03 Å². The zero-order chi connectivity index (χ0) is 21.2. The molecule has 158 valence electrons. The summed E-state index contributed by atoms with van der Waals surface area (Å²) >= 11 is 0. The summed E-state index contributed by atoms with van der Waals surface area (Å²) in [5.41, 5.74) is 1.47. The number of imide groups is 1. The maximum Gasteiger partial charge on any atom is 0.325 e. The highest BCUT2D eigenvalue weighted by Gasteiger charge is 2.56. The predicted molar refractivity (Wildman–Crippen MR) is 112 cm³/mol. The minimum absolute atomic E-state index is 0.168. The number of nitrogens with zero attached hydrogens (tertiary/aromatic N) is 1. The van der Waals surface area contributed by atoms with Gasteiger partial charge in [0.15, 0.2) is 0 Å². The van der Waals surface area contributed by atoms with Crippen LogP contribution in [0.4, 0.5) is 4.79 Å². The van der Waals surface area contributed by atoms with Crippen molar-refractivity contribution in [2.24, 2.45) is 11.8 Å². The van der Waals surface area contributed by atoms with Crippen molar-refractivity contribution < 1.29 is 14.4 Å². The molecule has 1 heterocycles. The topological polar surface area (TPSA) is 78.5 Å². The van der Waals surface area contributed by atoms with E-state index >= 15 is 0 Å². The Kier molecular flexibility index (Phi) is 6.30. The summed E-state index contributed by atoms with van der Waals surface area (Å²) < 4.78 is 0. The van der Waals surface area contributed by atoms with Gasteiger partial charge in [-0.1, -0.05) is 51.5 Å². The van der Waals surface area contributed by atoms with Crippen molar-refractivity contribution in [1.29, 1.82) is 0 Å². The molecule has 6 nitrogen and oxygen atoms in total. The molecule has 29 heavy (non-hydrogen) atoms. The minimum atomic E-state index is -0.858. The quantitative estimate of drug-likeness (QED) is 0.623. The molecule has 0 bridgehead atoms. The van der Waals surface area contributed by atoms with Crippen LogP contribution in [0.1, 0.15) is 70.5 Å². The number of rotatable bonds is 9. The zero-order valence-corrected chi connectivity index (χ0v) is 18.0. The van der Waals surface area contributed by atoms with Crippen LogP contribution in [0.5, 0.6) is 0 Å². The number of aryl methyl sites for hydroxylation is 1. The largest absolute Gasteiger partial charge is 0.347 e. The smallest absolute Gasteiger partial charge is 0.325 e. The first-order valence-electron chi connectivity index (χ1n) is 10.8. The molecule has 3 rings (SSSR count). The number of carbonyl (C=O) groups is 3.